The lowest BCUT2D eigenvalue weighted by Crippen LogP contribution is -2.37. The van der Waals surface area contributed by atoms with Gasteiger partial charge in [0.15, 0.2) is 0 Å². The van der Waals surface area contributed by atoms with Crippen molar-refractivity contribution >= 4 is 11.9 Å². The first kappa shape index (κ1) is 15.4. The number of nitrogens with one attached hydrogen (secondary N) is 2. The van der Waals surface area contributed by atoms with Gasteiger partial charge in [0.2, 0.25) is 5.89 Å². The first-order chi connectivity index (χ1) is 10.1. The molecular formula is C13H20N4O4. The van der Waals surface area contributed by atoms with E-state index in [0.29, 0.717) is 12.3 Å². The van der Waals surface area contributed by atoms with Crippen LogP contribution < -0.4 is 10.6 Å². The number of aliphatic carboxylic acids is 1. The van der Waals surface area contributed by atoms with Crippen LogP contribution in [0, 0.1) is 0 Å². The van der Waals surface area contributed by atoms with Crippen LogP contribution in [-0.4, -0.2) is 39.7 Å². The van der Waals surface area contributed by atoms with Gasteiger partial charge in [-0.3, -0.25) is 9.59 Å². The Labute approximate surface area is 122 Å². The zero-order valence-corrected chi connectivity index (χ0v) is 12.0. The Hall–Kier alpha value is -1.96. The summed E-state index contributed by atoms with van der Waals surface area (Å²) in [6.45, 7) is 2.82. The van der Waals surface area contributed by atoms with Gasteiger partial charge in [-0.1, -0.05) is 18.5 Å². The van der Waals surface area contributed by atoms with E-state index in [-0.39, 0.29) is 18.3 Å². The molecule has 1 fully saturated rings. The van der Waals surface area contributed by atoms with E-state index in [1.165, 1.54) is 0 Å². The van der Waals surface area contributed by atoms with Gasteiger partial charge in [0.1, 0.15) is 0 Å². The first-order valence-electron chi connectivity index (χ1n) is 7.19. The molecule has 8 nitrogen and oxygen atoms in total. The van der Waals surface area contributed by atoms with Crippen LogP contribution in [0.5, 0.6) is 0 Å². The Morgan fingerprint density at radius 3 is 3.00 bits per heavy atom. The van der Waals surface area contributed by atoms with Crippen molar-refractivity contribution < 1.29 is 19.2 Å². The molecule has 2 atom stereocenters. The van der Waals surface area contributed by atoms with Crippen molar-refractivity contribution in [3.8, 4) is 0 Å². The second-order valence-electron chi connectivity index (χ2n) is 5.16. The number of hydrogen-bond acceptors (Lipinski definition) is 6. The molecule has 1 amide bonds. The van der Waals surface area contributed by atoms with E-state index in [0.717, 1.165) is 25.8 Å². The van der Waals surface area contributed by atoms with Crippen molar-refractivity contribution in [1.29, 1.82) is 0 Å². The molecule has 0 bridgehead atoms. The number of carboxylic acids is 1. The number of hydrogen-bond donors (Lipinski definition) is 3. The SMILES string of the molecule is CCCC(CC(=O)O)NC(=O)c1noc(C2CCCN2)n1. The Morgan fingerprint density at radius 2 is 2.38 bits per heavy atom. The molecule has 1 aromatic heterocycles. The quantitative estimate of drug-likeness (QED) is 0.683. The fourth-order valence-electron chi connectivity index (χ4n) is 2.40. The molecule has 0 aromatic carbocycles. The highest BCUT2D eigenvalue weighted by atomic mass is 16.5. The zero-order valence-electron chi connectivity index (χ0n) is 12.0. The lowest BCUT2D eigenvalue weighted by molar-refractivity contribution is -0.137. The molecule has 1 aliphatic heterocycles. The molecule has 1 aliphatic rings. The molecule has 1 aromatic rings. The van der Waals surface area contributed by atoms with E-state index in [4.69, 9.17) is 9.63 Å². The Kier molecular flexibility index (Phi) is 5.26. The van der Waals surface area contributed by atoms with Crippen molar-refractivity contribution in [1.82, 2.24) is 20.8 Å². The maximum absolute atomic E-state index is 12.0. The summed E-state index contributed by atoms with van der Waals surface area (Å²) in [7, 11) is 0. The van der Waals surface area contributed by atoms with Gasteiger partial charge < -0.3 is 20.3 Å². The van der Waals surface area contributed by atoms with Crippen molar-refractivity contribution in [3.63, 3.8) is 0 Å². The molecule has 21 heavy (non-hydrogen) atoms. The summed E-state index contributed by atoms with van der Waals surface area (Å²) in [5.41, 5.74) is 0. The van der Waals surface area contributed by atoms with Crippen LogP contribution in [0.1, 0.15) is 61.6 Å². The van der Waals surface area contributed by atoms with Crippen molar-refractivity contribution in [2.75, 3.05) is 6.54 Å². The van der Waals surface area contributed by atoms with Gasteiger partial charge in [-0.05, 0) is 25.8 Å². The number of carboxylic acid groups (broad SMARTS) is 1. The van der Waals surface area contributed by atoms with Gasteiger partial charge in [0, 0.05) is 6.04 Å². The molecule has 2 heterocycles. The summed E-state index contributed by atoms with van der Waals surface area (Å²) in [5, 5.41) is 18.4. The molecule has 0 spiro atoms. The van der Waals surface area contributed by atoms with Crippen LogP contribution in [0.2, 0.25) is 0 Å². The van der Waals surface area contributed by atoms with Gasteiger partial charge in [0.05, 0.1) is 12.5 Å². The summed E-state index contributed by atoms with van der Waals surface area (Å²) >= 11 is 0. The number of rotatable bonds is 7. The van der Waals surface area contributed by atoms with Crippen LogP contribution in [0.3, 0.4) is 0 Å². The van der Waals surface area contributed by atoms with E-state index < -0.39 is 17.9 Å². The van der Waals surface area contributed by atoms with E-state index in [1.54, 1.807) is 0 Å². The average molecular weight is 296 g/mol. The highest BCUT2D eigenvalue weighted by molar-refractivity contribution is 5.90. The van der Waals surface area contributed by atoms with Crippen molar-refractivity contribution in [2.24, 2.45) is 0 Å². The maximum atomic E-state index is 12.0. The molecule has 2 unspecified atom stereocenters. The molecule has 116 valence electrons. The molecule has 3 N–H and O–H groups in total. The smallest absolute Gasteiger partial charge is 0.305 e. The Bertz CT molecular complexity index is 496. The number of aromatic nitrogens is 2. The van der Waals surface area contributed by atoms with Crippen LogP contribution in [-0.2, 0) is 4.79 Å². The summed E-state index contributed by atoms with van der Waals surface area (Å²) in [6.07, 6.45) is 3.19. The summed E-state index contributed by atoms with van der Waals surface area (Å²) in [4.78, 5) is 26.9. The third-order valence-electron chi connectivity index (χ3n) is 3.40. The summed E-state index contributed by atoms with van der Waals surface area (Å²) in [5.74, 6) is -1.09. The van der Waals surface area contributed by atoms with E-state index in [9.17, 15) is 9.59 Å². The first-order valence-corrected chi connectivity index (χ1v) is 7.19. The second kappa shape index (κ2) is 7.16. The summed E-state index contributed by atoms with van der Waals surface area (Å²) < 4.78 is 5.09. The second-order valence-corrected chi connectivity index (χ2v) is 5.16. The number of nitrogens with zero attached hydrogens (tertiary/aromatic N) is 2. The zero-order chi connectivity index (χ0) is 15.2. The number of amides is 1. The lowest BCUT2D eigenvalue weighted by Gasteiger charge is -2.14. The maximum Gasteiger partial charge on any atom is 0.305 e. The van der Waals surface area contributed by atoms with Crippen LogP contribution in [0.4, 0.5) is 0 Å². The fraction of sp³-hybridized carbons (Fsp3) is 0.692. The molecule has 2 rings (SSSR count). The minimum atomic E-state index is -0.947. The van der Waals surface area contributed by atoms with Crippen LogP contribution >= 0.6 is 0 Å². The highest BCUT2D eigenvalue weighted by Crippen LogP contribution is 2.21. The summed E-state index contributed by atoms with van der Waals surface area (Å²) in [6, 6.07) is -0.420. The molecule has 0 saturated carbocycles. The van der Waals surface area contributed by atoms with E-state index in [2.05, 4.69) is 20.8 Å². The van der Waals surface area contributed by atoms with Crippen LogP contribution in [0.25, 0.3) is 0 Å². The Morgan fingerprint density at radius 1 is 1.57 bits per heavy atom. The van der Waals surface area contributed by atoms with Gasteiger partial charge in [-0.25, -0.2) is 0 Å². The number of carbonyl (C=O) groups is 2. The highest BCUT2D eigenvalue weighted by Gasteiger charge is 2.25. The topological polar surface area (TPSA) is 117 Å². The minimum Gasteiger partial charge on any atom is -0.481 e. The molecule has 8 heteroatoms. The van der Waals surface area contributed by atoms with Crippen LogP contribution in [0.15, 0.2) is 4.52 Å². The number of carbonyl (C=O) groups excluding carboxylic acids is 1. The molecule has 1 saturated heterocycles. The predicted molar refractivity (Wildman–Crippen MR) is 72.7 cm³/mol. The van der Waals surface area contributed by atoms with E-state index >= 15 is 0 Å². The lowest BCUT2D eigenvalue weighted by atomic mass is 10.1. The third kappa shape index (κ3) is 4.25. The molecular weight excluding hydrogens is 276 g/mol. The third-order valence-corrected chi connectivity index (χ3v) is 3.40. The fourth-order valence-corrected chi connectivity index (χ4v) is 2.40. The minimum absolute atomic E-state index is 0.00417. The van der Waals surface area contributed by atoms with Gasteiger partial charge in [-0.2, -0.15) is 4.98 Å². The Balaban J connectivity index is 1.96. The normalized spacial score (nSPS) is 19.4. The molecule has 0 radical (unpaired) electrons. The largest absolute Gasteiger partial charge is 0.481 e. The molecule has 0 aliphatic carbocycles. The van der Waals surface area contributed by atoms with Crippen molar-refractivity contribution in [2.45, 2.75) is 51.1 Å². The monoisotopic (exact) mass is 296 g/mol. The van der Waals surface area contributed by atoms with E-state index in [1.807, 2.05) is 6.92 Å². The van der Waals surface area contributed by atoms with Gasteiger partial charge in [0.25, 0.3) is 11.7 Å². The predicted octanol–water partition coefficient (Wildman–Crippen LogP) is 0.867. The van der Waals surface area contributed by atoms with Gasteiger partial charge >= 0.3 is 5.97 Å². The standard InChI is InChI=1S/C13H20N4O4/c1-2-4-8(7-10(18)19)15-12(20)11-16-13(21-17-11)9-5-3-6-14-9/h8-9,14H,2-7H2,1H3,(H,15,20)(H,18,19). The average Bonchev–Trinajstić information content (AvgIpc) is 3.09. The van der Waals surface area contributed by atoms with Crippen molar-refractivity contribution in [3.05, 3.63) is 11.7 Å². The van der Waals surface area contributed by atoms with Gasteiger partial charge in [-0.15, -0.1) is 0 Å².